The topological polar surface area (TPSA) is 58.6 Å². The average Bonchev–Trinajstić information content (AvgIpc) is 2.86. The number of hydrogen-bond acceptors (Lipinski definition) is 4. The monoisotopic (exact) mass is 340 g/mol. The summed E-state index contributed by atoms with van der Waals surface area (Å²) in [7, 11) is 1.35. The van der Waals surface area contributed by atoms with E-state index in [4.69, 9.17) is 0 Å². The van der Waals surface area contributed by atoms with Crippen molar-refractivity contribution in [3.05, 3.63) is 28.2 Å². The molecule has 0 aromatic heterocycles. The number of ether oxygens (including phenoxy) is 1. The lowest BCUT2D eigenvalue weighted by atomic mass is 10.1. The Bertz CT molecular complexity index is 533. The van der Waals surface area contributed by atoms with Gasteiger partial charge in [-0.1, -0.05) is 15.9 Å². The van der Waals surface area contributed by atoms with Crippen molar-refractivity contribution in [1.82, 2.24) is 5.32 Å². The van der Waals surface area contributed by atoms with Crippen molar-refractivity contribution >= 4 is 33.5 Å². The van der Waals surface area contributed by atoms with E-state index in [0.29, 0.717) is 12.1 Å². The predicted molar refractivity (Wildman–Crippen MR) is 80.3 cm³/mol. The molecule has 108 valence electrons. The number of benzene rings is 1. The van der Waals surface area contributed by atoms with Crippen molar-refractivity contribution in [2.75, 3.05) is 25.1 Å². The standard InChI is InChI=1S/C14H17BrN2O3/c1-9(18)12-4-3-10(15)7-13(12)17-6-5-11(8-17)16-14(19)20-2/h3-4,7,11H,5-6,8H2,1-2H3,(H,16,19). The minimum Gasteiger partial charge on any atom is -0.453 e. The number of halogens is 1. The van der Waals surface area contributed by atoms with Gasteiger partial charge in [-0.25, -0.2) is 4.79 Å². The number of hydrogen-bond donors (Lipinski definition) is 1. The first-order chi connectivity index (χ1) is 9.51. The number of Topliss-reactive ketones (excluding diaryl/α,β-unsaturated/α-hetero) is 1. The fourth-order valence-electron chi connectivity index (χ4n) is 2.39. The van der Waals surface area contributed by atoms with Crippen LogP contribution in [-0.2, 0) is 4.74 Å². The molecule has 2 rings (SSSR count). The van der Waals surface area contributed by atoms with Crippen LogP contribution in [0.3, 0.4) is 0 Å². The van der Waals surface area contributed by atoms with E-state index in [-0.39, 0.29) is 11.8 Å². The second-order valence-electron chi connectivity index (χ2n) is 4.79. The second kappa shape index (κ2) is 6.26. The Balaban J connectivity index is 2.15. The maximum Gasteiger partial charge on any atom is 0.407 e. The van der Waals surface area contributed by atoms with Crippen LogP contribution in [-0.4, -0.2) is 38.1 Å². The highest BCUT2D eigenvalue weighted by Gasteiger charge is 2.26. The maximum atomic E-state index is 11.7. The van der Waals surface area contributed by atoms with Crippen LogP contribution in [0.5, 0.6) is 0 Å². The lowest BCUT2D eigenvalue weighted by Crippen LogP contribution is -2.37. The molecule has 1 fully saturated rings. The minimum atomic E-state index is -0.419. The van der Waals surface area contributed by atoms with E-state index < -0.39 is 6.09 Å². The zero-order valence-electron chi connectivity index (χ0n) is 11.5. The molecule has 0 radical (unpaired) electrons. The highest BCUT2D eigenvalue weighted by atomic mass is 79.9. The van der Waals surface area contributed by atoms with Gasteiger partial charge in [-0.15, -0.1) is 0 Å². The number of nitrogens with zero attached hydrogens (tertiary/aromatic N) is 1. The lowest BCUT2D eigenvalue weighted by molar-refractivity contribution is 0.101. The van der Waals surface area contributed by atoms with E-state index in [2.05, 4.69) is 30.9 Å². The SMILES string of the molecule is COC(=O)NC1CCN(c2cc(Br)ccc2C(C)=O)C1. The van der Waals surface area contributed by atoms with Crippen LogP contribution in [0.1, 0.15) is 23.7 Å². The van der Waals surface area contributed by atoms with Crippen molar-refractivity contribution < 1.29 is 14.3 Å². The molecule has 1 unspecified atom stereocenters. The van der Waals surface area contributed by atoms with Crippen LogP contribution in [0, 0.1) is 0 Å². The van der Waals surface area contributed by atoms with Gasteiger partial charge >= 0.3 is 6.09 Å². The third-order valence-corrected chi connectivity index (χ3v) is 3.87. The van der Waals surface area contributed by atoms with Gasteiger partial charge in [-0.2, -0.15) is 0 Å². The van der Waals surface area contributed by atoms with Crippen molar-refractivity contribution in [2.45, 2.75) is 19.4 Å². The zero-order chi connectivity index (χ0) is 14.7. The Kier molecular flexibility index (Phi) is 4.65. The smallest absolute Gasteiger partial charge is 0.407 e. The van der Waals surface area contributed by atoms with Crippen molar-refractivity contribution in [2.24, 2.45) is 0 Å². The fourth-order valence-corrected chi connectivity index (χ4v) is 2.74. The number of nitrogens with one attached hydrogen (secondary N) is 1. The van der Waals surface area contributed by atoms with Crippen molar-refractivity contribution in [3.8, 4) is 0 Å². The first-order valence-electron chi connectivity index (χ1n) is 6.41. The quantitative estimate of drug-likeness (QED) is 0.859. The molecule has 1 aliphatic heterocycles. The van der Waals surface area contributed by atoms with E-state index in [1.54, 1.807) is 6.92 Å². The summed E-state index contributed by atoms with van der Waals surface area (Å²) in [5, 5.41) is 2.79. The summed E-state index contributed by atoms with van der Waals surface area (Å²) in [5.74, 6) is 0.0388. The minimum absolute atomic E-state index is 0.0388. The van der Waals surface area contributed by atoms with Crippen LogP contribution in [0.4, 0.5) is 10.5 Å². The molecule has 1 aliphatic rings. The Morgan fingerprint density at radius 2 is 2.20 bits per heavy atom. The molecule has 0 spiro atoms. The van der Waals surface area contributed by atoms with Crippen molar-refractivity contribution in [1.29, 1.82) is 0 Å². The molecular weight excluding hydrogens is 324 g/mol. The van der Waals surface area contributed by atoms with E-state index in [1.165, 1.54) is 7.11 Å². The Hall–Kier alpha value is -1.56. The van der Waals surface area contributed by atoms with Gasteiger partial charge in [0.05, 0.1) is 13.2 Å². The molecule has 1 heterocycles. The molecular formula is C14H17BrN2O3. The molecule has 20 heavy (non-hydrogen) atoms. The van der Waals surface area contributed by atoms with Crippen molar-refractivity contribution in [3.63, 3.8) is 0 Å². The summed E-state index contributed by atoms with van der Waals surface area (Å²) in [5.41, 5.74) is 1.60. The maximum absolute atomic E-state index is 11.7. The molecule has 0 aliphatic carbocycles. The van der Waals surface area contributed by atoms with Gasteiger partial charge in [0.15, 0.2) is 5.78 Å². The summed E-state index contributed by atoms with van der Waals surface area (Å²) in [6.45, 7) is 3.03. The number of anilines is 1. The molecule has 1 amide bonds. The number of ketones is 1. The number of methoxy groups -OCH3 is 1. The fraction of sp³-hybridized carbons (Fsp3) is 0.429. The highest BCUT2D eigenvalue weighted by Crippen LogP contribution is 2.28. The molecule has 5 nitrogen and oxygen atoms in total. The van der Waals surface area contributed by atoms with Gasteiger partial charge in [0.25, 0.3) is 0 Å². The molecule has 0 saturated carbocycles. The largest absolute Gasteiger partial charge is 0.453 e. The molecule has 1 saturated heterocycles. The first-order valence-corrected chi connectivity index (χ1v) is 7.20. The molecule has 1 N–H and O–H groups in total. The molecule has 1 aromatic rings. The summed E-state index contributed by atoms with van der Waals surface area (Å²) in [6.07, 6.45) is 0.414. The van der Waals surface area contributed by atoms with Crippen LogP contribution in [0.15, 0.2) is 22.7 Å². The molecule has 0 bridgehead atoms. The predicted octanol–water partition coefficient (Wildman–Crippen LogP) is 2.59. The molecule has 1 aromatic carbocycles. The normalized spacial score (nSPS) is 17.9. The van der Waals surface area contributed by atoms with Crippen LogP contribution < -0.4 is 10.2 Å². The van der Waals surface area contributed by atoms with Gasteiger partial charge in [-0.05, 0) is 31.5 Å². The van der Waals surface area contributed by atoms with E-state index >= 15 is 0 Å². The average molecular weight is 341 g/mol. The van der Waals surface area contributed by atoms with Gasteiger partial charge in [-0.3, -0.25) is 4.79 Å². The van der Waals surface area contributed by atoms with E-state index in [0.717, 1.165) is 23.1 Å². The Morgan fingerprint density at radius 3 is 2.85 bits per heavy atom. The highest BCUT2D eigenvalue weighted by molar-refractivity contribution is 9.10. The van der Waals surface area contributed by atoms with Crippen LogP contribution in [0.2, 0.25) is 0 Å². The summed E-state index contributed by atoms with van der Waals surface area (Å²) in [6, 6.07) is 5.67. The van der Waals surface area contributed by atoms with Crippen LogP contribution >= 0.6 is 15.9 Å². The molecule has 1 atom stereocenters. The van der Waals surface area contributed by atoms with Gasteiger partial charge in [0, 0.05) is 28.8 Å². The van der Waals surface area contributed by atoms with E-state index in [1.807, 2.05) is 18.2 Å². The number of alkyl carbamates (subject to hydrolysis) is 1. The summed E-state index contributed by atoms with van der Waals surface area (Å²) < 4.78 is 5.54. The van der Waals surface area contributed by atoms with Gasteiger partial charge < -0.3 is 15.0 Å². The van der Waals surface area contributed by atoms with Crippen LogP contribution in [0.25, 0.3) is 0 Å². The third-order valence-electron chi connectivity index (χ3n) is 3.38. The number of rotatable bonds is 3. The lowest BCUT2D eigenvalue weighted by Gasteiger charge is -2.21. The summed E-state index contributed by atoms with van der Waals surface area (Å²) >= 11 is 3.43. The van der Waals surface area contributed by atoms with Gasteiger partial charge in [0.1, 0.15) is 0 Å². The van der Waals surface area contributed by atoms with Gasteiger partial charge in [0.2, 0.25) is 0 Å². The summed E-state index contributed by atoms with van der Waals surface area (Å²) in [4.78, 5) is 25.0. The Morgan fingerprint density at radius 1 is 1.45 bits per heavy atom. The molecule has 6 heteroatoms. The second-order valence-corrected chi connectivity index (χ2v) is 5.70. The first kappa shape index (κ1) is 14.8. The number of carbonyl (C=O) groups excluding carboxylic acids is 2. The third kappa shape index (κ3) is 3.30. The zero-order valence-corrected chi connectivity index (χ0v) is 13.1. The van der Waals surface area contributed by atoms with E-state index in [9.17, 15) is 9.59 Å². The Labute approximate surface area is 126 Å². The number of carbonyl (C=O) groups is 2. The number of amides is 1.